The van der Waals surface area contributed by atoms with E-state index in [9.17, 15) is 9.18 Å². The lowest BCUT2D eigenvalue weighted by Gasteiger charge is -2.19. The van der Waals surface area contributed by atoms with Crippen LogP contribution in [-0.2, 0) is 11.2 Å². The summed E-state index contributed by atoms with van der Waals surface area (Å²) < 4.78 is 23.8. The molecule has 6 heteroatoms. The maximum absolute atomic E-state index is 13.1. The summed E-state index contributed by atoms with van der Waals surface area (Å²) in [5, 5.41) is 6.17. The van der Waals surface area contributed by atoms with Crippen LogP contribution in [0.5, 0.6) is 11.5 Å². The Morgan fingerprint density at radius 2 is 1.63 bits per heavy atom. The number of hydrogen-bond acceptors (Lipinski definition) is 4. The van der Waals surface area contributed by atoms with Crippen LogP contribution in [0.15, 0.2) is 72.8 Å². The number of methoxy groups -OCH3 is 2. The Morgan fingerprint density at radius 3 is 2.30 bits per heavy atom. The van der Waals surface area contributed by atoms with Gasteiger partial charge in [-0.05, 0) is 53.9 Å². The Balaban J connectivity index is 1.69. The number of nitrogens with one attached hydrogen (secondary N) is 2. The highest BCUT2D eigenvalue weighted by atomic mass is 19.1. The Kier molecular flexibility index (Phi) is 7.40. The molecule has 0 saturated heterocycles. The van der Waals surface area contributed by atoms with Crippen LogP contribution in [-0.4, -0.2) is 26.7 Å². The van der Waals surface area contributed by atoms with E-state index in [4.69, 9.17) is 9.47 Å². The summed E-state index contributed by atoms with van der Waals surface area (Å²) in [6.07, 6.45) is 0.702. The normalized spacial score (nSPS) is 11.6. The van der Waals surface area contributed by atoms with Gasteiger partial charge in [0.25, 0.3) is 0 Å². The van der Waals surface area contributed by atoms with E-state index in [0.29, 0.717) is 30.2 Å². The van der Waals surface area contributed by atoms with Crippen molar-refractivity contribution in [2.45, 2.75) is 12.5 Å². The molecule has 0 saturated carbocycles. The second kappa shape index (κ2) is 10.4. The van der Waals surface area contributed by atoms with Crippen LogP contribution in [0.2, 0.25) is 0 Å². The molecule has 0 bridgehead atoms. The van der Waals surface area contributed by atoms with Crippen LogP contribution in [0.25, 0.3) is 0 Å². The lowest BCUT2D eigenvalue weighted by atomic mass is 10.1. The van der Waals surface area contributed by atoms with E-state index in [1.54, 1.807) is 26.4 Å². The topological polar surface area (TPSA) is 59.6 Å². The summed E-state index contributed by atoms with van der Waals surface area (Å²) in [4.78, 5) is 12.9. The van der Waals surface area contributed by atoms with Gasteiger partial charge in [-0.25, -0.2) is 4.39 Å². The highest BCUT2D eigenvalue weighted by Crippen LogP contribution is 2.27. The molecule has 3 aromatic carbocycles. The molecular weight excluding hydrogens is 383 g/mol. The van der Waals surface area contributed by atoms with E-state index in [0.717, 1.165) is 11.1 Å². The zero-order chi connectivity index (χ0) is 21.3. The van der Waals surface area contributed by atoms with Gasteiger partial charge in [0.15, 0.2) is 11.5 Å². The largest absolute Gasteiger partial charge is 0.493 e. The van der Waals surface area contributed by atoms with Crippen LogP contribution in [0.1, 0.15) is 17.2 Å². The van der Waals surface area contributed by atoms with Gasteiger partial charge in [-0.2, -0.15) is 0 Å². The lowest BCUT2D eigenvalue weighted by Crippen LogP contribution is -2.34. The number of carbonyl (C=O) groups excluding carboxylic acids is 1. The second-order valence-electron chi connectivity index (χ2n) is 6.73. The van der Waals surface area contributed by atoms with Crippen molar-refractivity contribution < 1.29 is 18.7 Å². The molecule has 30 heavy (non-hydrogen) atoms. The van der Waals surface area contributed by atoms with Crippen molar-refractivity contribution in [3.63, 3.8) is 0 Å². The van der Waals surface area contributed by atoms with Gasteiger partial charge in [0.2, 0.25) is 5.91 Å². The Labute approximate surface area is 175 Å². The molecular formula is C24H25FN2O3. The van der Waals surface area contributed by atoms with Gasteiger partial charge >= 0.3 is 0 Å². The summed E-state index contributed by atoms with van der Waals surface area (Å²) >= 11 is 0. The van der Waals surface area contributed by atoms with Gasteiger partial charge < -0.3 is 20.1 Å². The van der Waals surface area contributed by atoms with Gasteiger partial charge in [-0.1, -0.05) is 36.4 Å². The lowest BCUT2D eigenvalue weighted by molar-refractivity contribution is -0.118. The van der Waals surface area contributed by atoms with Crippen LogP contribution < -0.4 is 20.1 Å². The maximum atomic E-state index is 13.1. The van der Waals surface area contributed by atoms with Gasteiger partial charge in [0, 0.05) is 12.2 Å². The number of anilines is 1. The minimum atomic E-state index is -0.545. The molecule has 0 aliphatic carbocycles. The van der Waals surface area contributed by atoms with E-state index in [1.165, 1.54) is 12.1 Å². The first kappa shape index (κ1) is 21.3. The average Bonchev–Trinajstić information content (AvgIpc) is 2.78. The number of carbonyl (C=O) groups is 1. The summed E-state index contributed by atoms with van der Waals surface area (Å²) in [6.45, 7) is 0.575. The summed E-state index contributed by atoms with van der Waals surface area (Å²) in [5.41, 5.74) is 2.46. The first-order valence-corrected chi connectivity index (χ1v) is 9.66. The molecule has 3 rings (SSSR count). The number of ether oxygens (including phenoxy) is 2. The predicted molar refractivity (Wildman–Crippen MR) is 115 cm³/mol. The molecule has 156 valence electrons. The number of halogens is 1. The van der Waals surface area contributed by atoms with E-state index >= 15 is 0 Å². The molecule has 5 nitrogen and oxygen atoms in total. The number of amides is 1. The molecule has 1 atom stereocenters. The predicted octanol–water partition coefficient (Wildman–Crippen LogP) is 4.36. The van der Waals surface area contributed by atoms with Crippen LogP contribution in [0, 0.1) is 5.82 Å². The monoisotopic (exact) mass is 408 g/mol. The number of rotatable bonds is 9. The highest BCUT2D eigenvalue weighted by molar-refractivity contribution is 5.95. The maximum Gasteiger partial charge on any atom is 0.246 e. The van der Waals surface area contributed by atoms with Crippen molar-refractivity contribution in [3.05, 3.63) is 89.7 Å². The standard InChI is InChI=1S/C24H25FN2O3/c1-29-21-13-8-17(16-22(21)30-2)14-15-26-23(18-6-4-3-5-7-18)24(28)27-20-11-9-19(25)10-12-20/h3-13,16,23,26H,14-15H2,1-2H3,(H,27,28). The van der Waals surface area contributed by atoms with Gasteiger partial charge in [-0.3, -0.25) is 4.79 Å². The van der Waals surface area contributed by atoms with Crippen molar-refractivity contribution in [2.24, 2.45) is 0 Å². The smallest absolute Gasteiger partial charge is 0.246 e. The third-order valence-corrected chi connectivity index (χ3v) is 4.72. The summed E-state index contributed by atoms with van der Waals surface area (Å²) in [7, 11) is 3.20. The Hall–Kier alpha value is -3.38. The number of benzene rings is 3. The molecule has 0 fully saturated rings. The molecule has 0 aliphatic rings. The highest BCUT2D eigenvalue weighted by Gasteiger charge is 2.20. The van der Waals surface area contributed by atoms with Crippen molar-refractivity contribution in [3.8, 4) is 11.5 Å². The Morgan fingerprint density at radius 1 is 0.933 bits per heavy atom. The quantitative estimate of drug-likeness (QED) is 0.553. The van der Waals surface area contributed by atoms with E-state index in [1.807, 2.05) is 48.5 Å². The van der Waals surface area contributed by atoms with E-state index in [2.05, 4.69) is 10.6 Å². The SMILES string of the molecule is COc1ccc(CCNC(C(=O)Nc2ccc(F)cc2)c2ccccc2)cc1OC. The average molecular weight is 408 g/mol. The molecule has 1 unspecified atom stereocenters. The molecule has 3 aromatic rings. The van der Waals surface area contributed by atoms with Gasteiger partial charge in [0.1, 0.15) is 11.9 Å². The first-order valence-electron chi connectivity index (χ1n) is 9.66. The van der Waals surface area contributed by atoms with Crippen molar-refractivity contribution in [1.29, 1.82) is 0 Å². The van der Waals surface area contributed by atoms with Crippen molar-refractivity contribution >= 4 is 11.6 Å². The third-order valence-electron chi connectivity index (χ3n) is 4.72. The molecule has 2 N–H and O–H groups in total. The zero-order valence-corrected chi connectivity index (χ0v) is 17.0. The summed E-state index contributed by atoms with van der Waals surface area (Å²) in [6, 6.07) is 20.4. The van der Waals surface area contributed by atoms with Crippen molar-refractivity contribution in [1.82, 2.24) is 5.32 Å². The minimum absolute atomic E-state index is 0.208. The van der Waals surface area contributed by atoms with Crippen molar-refractivity contribution in [2.75, 3.05) is 26.1 Å². The second-order valence-corrected chi connectivity index (χ2v) is 6.73. The fraction of sp³-hybridized carbons (Fsp3) is 0.208. The summed E-state index contributed by atoms with van der Waals surface area (Å²) in [5.74, 6) is 0.791. The van der Waals surface area contributed by atoms with Gasteiger partial charge in [-0.15, -0.1) is 0 Å². The molecule has 1 amide bonds. The van der Waals surface area contributed by atoms with Crippen LogP contribution in [0.3, 0.4) is 0 Å². The van der Waals surface area contributed by atoms with Crippen LogP contribution in [0.4, 0.5) is 10.1 Å². The van der Waals surface area contributed by atoms with Gasteiger partial charge in [0.05, 0.1) is 14.2 Å². The molecule has 0 spiro atoms. The fourth-order valence-electron chi connectivity index (χ4n) is 3.15. The number of hydrogen-bond donors (Lipinski definition) is 2. The fourth-order valence-corrected chi connectivity index (χ4v) is 3.15. The van der Waals surface area contributed by atoms with Crippen LogP contribution >= 0.6 is 0 Å². The molecule has 0 aliphatic heterocycles. The minimum Gasteiger partial charge on any atom is -0.493 e. The third kappa shape index (κ3) is 5.58. The molecule has 0 radical (unpaired) electrons. The zero-order valence-electron chi connectivity index (χ0n) is 17.0. The molecule has 0 aromatic heterocycles. The first-order chi connectivity index (χ1) is 14.6. The van der Waals surface area contributed by atoms with E-state index < -0.39 is 6.04 Å². The van der Waals surface area contributed by atoms with E-state index in [-0.39, 0.29) is 11.7 Å². The molecule has 0 heterocycles. The Bertz CT molecular complexity index is 962.